The summed E-state index contributed by atoms with van der Waals surface area (Å²) >= 11 is 0. The molecule has 2 N–H and O–H groups in total. The van der Waals surface area contributed by atoms with Crippen molar-refractivity contribution in [3.8, 4) is 17.2 Å². The van der Waals surface area contributed by atoms with Crippen LogP contribution < -0.4 is 24.8 Å². The molecule has 7 heteroatoms. The van der Waals surface area contributed by atoms with Crippen LogP contribution in [0.4, 0.5) is 0 Å². The Morgan fingerprint density at radius 1 is 1.03 bits per heavy atom. The molecule has 160 valence electrons. The van der Waals surface area contributed by atoms with Crippen molar-refractivity contribution in [1.82, 2.24) is 10.6 Å². The summed E-state index contributed by atoms with van der Waals surface area (Å²) in [5.41, 5.74) is 2.41. The van der Waals surface area contributed by atoms with Crippen molar-refractivity contribution in [2.24, 2.45) is 4.99 Å². The number of hydrogen-bond donors (Lipinski definition) is 2. The van der Waals surface area contributed by atoms with E-state index in [1.54, 1.807) is 14.2 Å². The predicted molar refractivity (Wildman–Crippen MR) is 115 cm³/mol. The van der Waals surface area contributed by atoms with Gasteiger partial charge in [0.2, 0.25) is 6.79 Å². The van der Waals surface area contributed by atoms with Crippen LogP contribution in [0.2, 0.25) is 0 Å². The van der Waals surface area contributed by atoms with E-state index in [0.717, 1.165) is 61.4 Å². The summed E-state index contributed by atoms with van der Waals surface area (Å²) in [4.78, 5) is 4.40. The molecule has 0 radical (unpaired) electrons. The highest BCUT2D eigenvalue weighted by Gasteiger charge is 2.34. The lowest BCUT2D eigenvalue weighted by Crippen LogP contribution is -2.47. The summed E-state index contributed by atoms with van der Waals surface area (Å²) in [6.45, 7) is 3.24. The zero-order valence-electron chi connectivity index (χ0n) is 17.6. The van der Waals surface area contributed by atoms with Gasteiger partial charge in [0.15, 0.2) is 17.5 Å². The lowest BCUT2D eigenvalue weighted by molar-refractivity contribution is 0.0513. The van der Waals surface area contributed by atoms with Crippen molar-refractivity contribution in [2.45, 2.75) is 24.8 Å². The second-order valence-electron chi connectivity index (χ2n) is 7.59. The molecular weight excluding hydrogens is 382 g/mol. The predicted octanol–water partition coefficient (Wildman–Crippen LogP) is 2.84. The van der Waals surface area contributed by atoms with E-state index in [-0.39, 0.29) is 12.2 Å². The fourth-order valence-corrected chi connectivity index (χ4v) is 3.98. The van der Waals surface area contributed by atoms with E-state index < -0.39 is 0 Å². The van der Waals surface area contributed by atoms with Gasteiger partial charge in [-0.1, -0.05) is 18.2 Å². The molecule has 0 aromatic heterocycles. The van der Waals surface area contributed by atoms with Gasteiger partial charge in [-0.05, 0) is 48.2 Å². The van der Waals surface area contributed by atoms with Crippen molar-refractivity contribution >= 4 is 5.96 Å². The minimum Gasteiger partial charge on any atom is -0.497 e. The topological polar surface area (TPSA) is 73.3 Å². The second kappa shape index (κ2) is 9.26. The SMILES string of the molecule is CN=C(NCc1ccc2c(c1)OCO2)NCC1(c2ccc(OC)cc2)CCOCC1. The minimum atomic E-state index is 0.000883. The Balaban J connectivity index is 1.40. The largest absolute Gasteiger partial charge is 0.497 e. The monoisotopic (exact) mass is 411 g/mol. The number of hydrogen-bond acceptors (Lipinski definition) is 5. The summed E-state index contributed by atoms with van der Waals surface area (Å²) in [5, 5.41) is 6.92. The van der Waals surface area contributed by atoms with Gasteiger partial charge in [-0.15, -0.1) is 0 Å². The van der Waals surface area contributed by atoms with Gasteiger partial charge in [0, 0.05) is 38.8 Å². The van der Waals surface area contributed by atoms with Crippen LogP contribution in [0.5, 0.6) is 17.2 Å². The molecule has 0 saturated carbocycles. The van der Waals surface area contributed by atoms with Crippen LogP contribution >= 0.6 is 0 Å². The average Bonchev–Trinajstić information content (AvgIpc) is 3.28. The lowest BCUT2D eigenvalue weighted by Gasteiger charge is -2.38. The van der Waals surface area contributed by atoms with Crippen LogP contribution in [0.25, 0.3) is 0 Å². The van der Waals surface area contributed by atoms with E-state index >= 15 is 0 Å². The van der Waals surface area contributed by atoms with Gasteiger partial charge >= 0.3 is 0 Å². The molecule has 0 atom stereocenters. The highest BCUT2D eigenvalue weighted by molar-refractivity contribution is 5.79. The summed E-state index contributed by atoms with van der Waals surface area (Å²) in [6.07, 6.45) is 1.93. The Labute approximate surface area is 177 Å². The van der Waals surface area contributed by atoms with Crippen molar-refractivity contribution in [3.05, 3.63) is 53.6 Å². The zero-order chi connectivity index (χ0) is 20.8. The Morgan fingerprint density at radius 3 is 2.53 bits per heavy atom. The molecule has 2 heterocycles. The molecule has 1 saturated heterocycles. The number of methoxy groups -OCH3 is 1. The fourth-order valence-electron chi connectivity index (χ4n) is 3.98. The third kappa shape index (κ3) is 4.46. The molecule has 0 amide bonds. The molecule has 1 fully saturated rings. The first-order valence-electron chi connectivity index (χ1n) is 10.3. The molecule has 30 heavy (non-hydrogen) atoms. The van der Waals surface area contributed by atoms with Crippen LogP contribution in [-0.2, 0) is 16.7 Å². The number of nitrogens with zero attached hydrogens (tertiary/aromatic N) is 1. The number of aliphatic imine (C=N–C) groups is 1. The quantitative estimate of drug-likeness (QED) is 0.563. The zero-order valence-corrected chi connectivity index (χ0v) is 17.6. The van der Waals surface area contributed by atoms with E-state index in [1.165, 1.54) is 5.56 Å². The maximum Gasteiger partial charge on any atom is 0.231 e. The standard InChI is InChI=1S/C23H29N3O4/c1-24-22(25-14-17-3-8-20-21(13-17)30-16-29-20)26-15-23(9-11-28-12-10-23)18-4-6-19(27-2)7-5-18/h3-8,13H,9-12,14-16H2,1-2H3,(H2,24,25,26). The molecule has 0 aliphatic carbocycles. The molecule has 0 spiro atoms. The van der Waals surface area contributed by atoms with Gasteiger partial charge in [-0.2, -0.15) is 0 Å². The molecule has 2 aromatic carbocycles. The number of benzene rings is 2. The van der Waals surface area contributed by atoms with Crippen molar-refractivity contribution < 1.29 is 18.9 Å². The van der Waals surface area contributed by atoms with E-state index in [4.69, 9.17) is 18.9 Å². The van der Waals surface area contributed by atoms with Crippen molar-refractivity contribution in [2.75, 3.05) is 40.7 Å². The molecule has 2 aliphatic rings. The van der Waals surface area contributed by atoms with Crippen molar-refractivity contribution in [1.29, 1.82) is 0 Å². The molecule has 7 nitrogen and oxygen atoms in total. The smallest absolute Gasteiger partial charge is 0.231 e. The summed E-state index contributed by atoms with van der Waals surface area (Å²) in [6, 6.07) is 14.4. The van der Waals surface area contributed by atoms with Gasteiger partial charge in [0.25, 0.3) is 0 Å². The first-order chi connectivity index (χ1) is 14.7. The fraction of sp³-hybridized carbons (Fsp3) is 0.435. The van der Waals surface area contributed by atoms with E-state index in [2.05, 4.69) is 27.8 Å². The van der Waals surface area contributed by atoms with Crippen LogP contribution in [0.15, 0.2) is 47.5 Å². The normalized spacial score (nSPS) is 17.5. The van der Waals surface area contributed by atoms with E-state index in [9.17, 15) is 0 Å². The van der Waals surface area contributed by atoms with Gasteiger partial charge in [-0.3, -0.25) is 4.99 Å². The first-order valence-corrected chi connectivity index (χ1v) is 10.3. The number of rotatable bonds is 6. The number of nitrogens with one attached hydrogen (secondary N) is 2. The minimum absolute atomic E-state index is 0.000883. The molecule has 2 aromatic rings. The molecule has 0 bridgehead atoms. The summed E-state index contributed by atoms with van der Waals surface area (Å²) in [7, 11) is 3.48. The molecule has 0 unspecified atom stereocenters. The van der Waals surface area contributed by atoms with Gasteiger partial charge in [0.05, 0.1) is 7.11 Å². The van der Waals surface area contributed by atoms with Gasteiger partial charge < -0.3 is 29.6 Å². The number of ether oxygens (including phenoxy) is 4. The average molecular weight is 412 g/mol. The highest BCUT2D eigenvalue weighted by Crippen LogP contribution is 2.35. The summed E-state index contributed by atoms with van der Waals surface area (Å²) in [5.74, 6) is 3.22. The van der Waals surface area contributed by atoms with Gasteiger partial charge in [-0.25, -0.2) is 0 Å². The van der Waals surface area contributed by atoms with Crippen LogP contribution in [0.3, 0.4) is 0 Å². The number of guanidine groups is 1. The third-order valence-corrected chi connectivity index (χ3v) is 5.87. The number of fused-ring (bicyclic) bond motifs is 1. The van der Waals surface area contributed by atoms with Crippen molar-refractivity contribution in [3.63, 3.8) is 0 Å². The Bertz CT molecular complexity index is 877. The van der Waals surface area contributed by atoms with E-state index in [1.807, 2.05) is 30.3 Å². The lowest BCUT2D eigenvalue weighted by atomic mass is 9.74. The first kappa shape index (κ1) is 20.3. The van der Waals surface area contributed by atoms with Crippen LogP contribution in [0.1, 0.15) is 24.0 Å². The Kier molecular flexibility index (Phi) is 6.28. The summed E-state index contributed by atoms with van der Waals surface area (Å²) < 4.78 is 21.8. The Morgan fingerprint density at radius 2 is 1.80 bits per heavy atom. The van der Waals surface area contributed by atoms with E-state index in [0.29, 0.717) is 6.54 Å². The Hall–Kier alpha value is -2.93. The maximum absolute atomic E-state index is 5.65. The molecular formula is C23H29N3O4. The second-order valence-corrected chi connectivity index (χ2v) is 7.59. The molecule has 2 aliphatic heterocycles. The highest BCUT2D eigenvalue weighted by atomic mass is 16.7. The third-order valence-electron chi connectivity index (χ3n) is 5.87. The molecule has 4 rings (SSSR count). The van der Waals surface area contributed by atoms with Crippen LogP contribution in [0, 0.1) is 0 Å². The maximum atomic E-state index is 5.65. The van der Waals surface area contributed by atoms with Gasteiger partial charge in [0.1, 0.15) is 5.75 Å². The van der Waals surface area contributed by atoms with Crippen LogP contribution in [-0.4, -0.2) is 46.7 Å².